The number of methoxy groups -OCH3 is 1. The van der Waals surface area contributed by atoms with Crippen molar-refractivity contribution >= 4 is 5.65 Å². The van der Waals surface area contributed by atoms with Gasteiger partial charge in [0.2, 0.25) is 0 Å². The Morgan fingerprint density at radius 1 is 1.39 bits per heavy atom. The Hall–Kier alpha value is -2.44. The van der Waals surface area contributed by atoms with Gasteiger partial charge in [-0.25, -0.2) is 4.98 Å². The molecule has 1 atom stereocenters. The monoisotopic (exact) mass is 313 g/mol. The molecule has 3 aromatic heterocycles. The first-order valence-corrected chi connectivity index (χ1v) is 7.42. The molecular formula is C17H19N3O3. The van der Waals surface area contributed by atoms with Gasteiger partial charge in [-0.3, -0.25) is 14.5 Å². The fraction of sp³-hybridized carbons (Fsp3) is 0.294. The summed E-state index contributed by atoms with van der Waals surface area (Å²) >= 11 is 0. The Morgan fingerprint density at radius 3 is 3.00 bits per heavy atom. The van der Waals surface area contributed by atoms with E-state index >= 15 is 0 Å². The molecular weight excluding hydrogens is 294 g/mol. The van der Waals surface area contributed by atoms with Crippen LogP contribution in [0.25, 0.3) is 5.65 Å². The van der Waals surface area contributed by atoms with Crippen LogP contribution in [-0.4, -0.2) is 23.1 Å². The van der Waals surface area contributed by atoms with Gasteiger partial charge in [-0.05, 0) is 30.7 Å². The van der Waals surface area contributed by atoms with Crippen molar-refractivity contribution in [2.75, 3.05) is 13.7 Å². The molecule has 0 aromatic carbocycles. The molecule has 1 N–H and O–H groups in total. The van der Waals surface area contributed by atoms with Gasteiger partial charge in [0.25, 0.3) is 5.56 Å². The van der Waals surface area contributed by atoms with Crippen LogP contribution in [0.5, 0.6) is 0 Å². The molecule has 3 heterocycles. The maximum Gasteiger partial charge on any atom is 0.258 e. The molecule has 3 rings (SSSR count). The van der Waals surface area contributed by atoms with Crippen molar-refractivity contribution in [3.63, 3.8) is 0 Å². The molecule has 0 unspecified atom stereocenters. The third kappa shape index (κ3) is 3.33. The molecule has 0 spiro atoms. The molecule has 3 aromatic rings. The first-order valence-electron chi connectivity index (χ1n) is 7.42. The van der Waals surface area contributed by atoms with Crippen LogP contribution in [0.1, 0.15) is 23.1 Å². The molecule has 0 fully saturated rings. The highest BCUT2D eigenvalue weighted by Crippen LogP contribution is 2.14. The zero-order valence-corrected chi connectivity index (χ0v) is 13.2. The van der Waals surface area contributed by atoms with Crippen LogP contribution in [0.3, 0.4) is 0 Å². The molecule has 0 saturated carbocycles. The van der Waals surface area contributed by atoms with Crippen LogP contribution >= 0.6 is 0 Å². The summed E-state index contributed by atoms with van der Waals surface area (Å²) in [6, 6.07) is 8.97. The van der Waals surface area contributed by atoms with Crippen LogP contribution in [0.15, 0.2) is 52.0 Å². The molecule has 0 aliphatic carbocycles. The second kappa shape index (κ2) is 6.76. The van der Waals surface area contributed by atoms with E-state index < -0.39 is 0 Å². The van der Waals surface area contributed by atoms with Gasteiger partial charge in [-0.1, -0.05) is 6.07 Å². The first kappa shape index (κ1) is 15.5. The number of rotatable bonds is 6. The molecule has 0 bridgehead atoms. The largest absolute Gasteiger partial charge is 0.468 e. The Morgan fingerprint density at radius 2 is 2.26 bits per heavy atom. The van der Waals surface area contributed by atoms with E-state index in [0.717, 1.165) is 11.3 Å². The van der Waals surface area contributed by atoms with E-state index in [0.29, 0.717) is 24.5 Å². The molecule has 0 amide bonds. The Labute approximate surface area is 133 Å². The van der Waals surface area contributed by atoms with Crippen LogP contribution in [-0.2, 0) is 11.3 Å². The summed E-state index contributed by atoms with van der Waals surface area (Å²) in [5.74, 6) is 0.792. The SMILES string of the molecule is COC[C@@H](NCc1cc(=O)n2cccc(C)c2n1)c1ccco1. The summed E-state index contributed by atoms with van der Waals surface area (Å²) in [5.41, 5.74) is 2.25. The lowest BCUT2D eigenvalue weighted by molar-refractivity contribution is 0.156. The van der Waals surface area contributed by atoms with E-state index in [2.05, 4.69) is 10.3 Å². The number of hydrogen-bond acceptors (Lipinski definition) is 5. The molecule has 0 saturated heterocycles. The molecule has 0 aliphatic rings. The highest BCUT2D eigenvalue weighted by atomic mass is 16.5. The minimum atomic E-state index is -0.0906. The number of ether oxygens (including phenoxy) is 1. The first-order chi connectivity index (χ1) is 11.2. The number of pyridine rings is 1. The second-order valence-corrected chi connectivity index (χ2v) is 5.37. The van der Waals surface area contributed by atoms with Crippen molar-refractivity contribution in [1.29, 1.82) is 0 Å². The number of aromatic nitrogens is 2. The van der Waals surface area contributed by atoms with Crippen molar-refractivity contribution in [3.8, 4) is 0 Å². The summed E-state index contributed by atoms with van der Waals surface area (Å²) in [6.07, 6.45) is 3.36. The summed E-state index contributed by atoms with van der Waals surface area (Å²) in [5, 5.41) is 3.32. The van der Waals surface area contributed by atoms with Crippen molar-refractivity contribution in [1.82, 2.24) is 14.7 Å². The normalized spacial score (nSPS) is 12.6. The molecule has 6 heteroatoms. The van der Waals surface area contributed by atoms with E-state index in [-0.39, 0.29) is 11.6 Å². The van der Waals surface area contributed by atoms with Crippen molar-refractivity contribution in [3.05, 3.63) is 70.2 Å². The van der Waals surface area contributed by atoms with Gasteiger partial charge >= 0.3 is 0 Å². The maximum absolute atomic E-state index is 12.2. The third-order valence-electron chi connectivity index (χ3n) is 3.69. The second-order valence-electron chi connectivity index (χ2n) is 5.37. The van der Waals surface area contributed by atoms with E-state index in [1.54, 1.807) is 30.0 Å². The van der Waals surface area contributed by atoms with E-state index in [9.17, 15) is 4.79 Å². The highest BCUT2D eigenvalue weighted by Gasteiger charge is 2.14. The quantitative estimate of drug-likeness (QED) is 0.754. The molecule has 120 valence electrons. The lowest BCUT2D eigenvalue weighted by Gasteiger charge is -2.15. The fourth-order valence-electron chi connectivity index (χ4n) is 2.53. The summed E-state index contributed by atoms with van der Waals surface area (Å²) in [6.45, 7) is 2.86. The zero-order chi connectivity index (χ0) is 16.2. The smallest absolute Gasteiger partial charge is 0.258 e. The average Bonchev–Trinajstić information content (AvgIpc) is 3.07. The number of nitrogens with zero attached hydrogens (tertiary/aromatic N) is 2. The number of nitrogens with one attached hydrogen (secondary N) is 1. The third-order valence-corrected chi connectivity index (χ3v) is 3.69. The summed E-state index contributed by atoms with van der Waals surface area (Å²) in [7, 11) is 1.64. The zero-order valence-electron chi connectivity index (χ0n) is 13.2. The maximum atomic E-state index is 12.2. The van der Waals surface area contributed by atoms with Gasteiger partial charge in [-0.2, -0.15) is 0 Å². The minimum Gasteiger partial charge on any atom is -0.468 e. The molecule has 0 aliphatic heterocycles. The molecule has 0 radical (unpaired) electrons. The Kier molecular flexibility index (Phi) is 4.55. The van der Waals surface area contributed by atoms with Gasteiger partial charge in [0.15, 0.2) is 0 Å². The van der Waals surface area contributed by atoms with Crippen LogP contribution in [0.4, 0.5) is 0 Å². The number of aryl methyl sites for hydroxylation is 1. The average molecular weight is 313 g/mol. The van der Waals surface area contributed by atoms with Crippen molar-refractivity contribution in [2.45, 2.75) is 19.5 Å². The van der Waals surface area contributed by atoms with Gasteiger partial charge in [0.1, 0.15) is 11.4 Å². The Bertz CT molecular complexity index is 840. The van der Waals surface area contributed by atoms with Crippen LogP contribution < -0.4 is 10.9 Å². The lowest BCUT2D eigenvalue weighted by atomic mass is 10.2. The minimum absolute atomic E-state index is 0.0863. The van der Waals surface area contributed by atoms with Crippen molar-refractivity contribution in [2.24, 2.45) is 0 Å². The fourth-order valence-corrected chi connectivity index (χ4v) is 2.53. The summed E-state index contributed by atoms with van der Waals surface area (Å²) in [4.78, 5) is 16.8. The summed E-state index contributed by atoms with van der Waals surface area (Å²) < 4.78 is 12.2. The number of hydrogen-bond donors (Lipinski definition) is 1. The standard InChI is InChI=1S/C17H19N3O3/c1-12-5-3-7-20-16(21)9-13(19-17(12)20)10-18-14(11-22-2)15-6-4-8-23-15/h3-9,14,18H,10-11H2,1-2H3/t14-/m1/s1. The van der Waals surface area contributed by atoms with Gasteiger partial charge in [-0.15, -0.1) is 0 Å². The van der Waals surface area contributed by atoms with Gasteiger partial charge in [0, 0.05) is 25.9 Å². The molecule has 6 nitrogen and oxygen atoms in total. The highest BCUT2D eigenvalue weighted by molar-refractivity contribution is 5.46. The van der Waals surface area contributed by atoms with E-state index in [1.165, 1.54) is 0 Å². The van der Waals surface area contributed by atoms with Gasteiger partial charge < -0.3 is 9.15 Å². The van der Waals surface area contributed by atoms with Crippen LogP contribution in [0, 0.1) is 6.92 Å². The molecule has 23 heavy (non-hydrogen) atoms. The van der Waals surface area contributed by atoms with Gasteiger partial charge in [0.05, 0.1) is 24.6 Å². The van der Waals surface area contributed by atoms with Crippen molar-refractivity contribution < 1.29 is 9.15 Å². The van der Waals surface area contributed by atoms with E-state index in [4.69, 9.17) is 9.15 Å². The predicted molar refractivity (Wildman–Crippen MR) is 86.4 cm³/mol. The number of furan rings is 1. The van der Waals surface area contributed by atoms with Crippen LogP contribution in [0.2, 0.25) is 0 Å². The van der Waals surface area contributed by atoms with E-state index in [1.807, 2.05) is 31.2 Å². The lowest BCUT2D eigenvalue weighted by Crippen LogP contribution is -2.26. The number of fused-ring (bicyclic) bond motifs is 1. The predicted octanol–water partition coefficient (Wildman–Crippen LogP) is 2.07. The Balaban J connectivity index is 1.84. The topological polar surface area (TPSA) is 68.8 Å².